The molecule has 3 nitrogen and oxygen atoms in total. The number of anilines is 1. The summed E-state index contributed by atoms with van der Waals surface area (Å²) < 4.78 is 5.80. The van der Waals surface area contributed by atoms with Crippen molar-refractivity contribution in [2.24, 2.45) is 5.92 Å². The monoisotopic (exact) mass is 340 g/mol. The maximum absolute atomic E-state index is 5.80. The molecule has 0 radical (unpaired) electrons. The molecule has 0 aromatic heterocycles. The molecule has 2 aromatic rings. The van der Waals surface area contributed by atoms with E-state index in [4.69, 9.17) is 17.0 Å². The Labute approximate surface area is 149 Å². The minimum Gasteiger partial charge on any atom is -0.457 e. The van der Waals surface area contributed by atoms with E-state index in [1.54, 1.807) is 0 Å². The third-order valence-electron chi connectivity index (χ3n) is 4.52. The lowest BCUT2D eigenvalue weighted by Gasteiger charge is -2.30. The van der Waals surface area contributed by atoms with Crippen molar-refractivity contribution in [2.45, 2.75) is 38.6 Å². The molecular weight excluding hydrogens is 316 g/mol. The van der Waals surface area contributed by atoms with E-state index < -0.39 is 0 Å². The molecule has 2 atom stereocenters. The van der Waals surface area contributed by atoms with Crippen molar-refractivity contribution in [3.63, 3.8) is 0 Å². The molecule has 24 heavy (non-hydrogen) atoms. The van der Waals surface area contributed by atoms with Crippen LogP contribution in [0.3, 0.4) is 0 Å². The van der Waals surface area contributed by atoms with Crippen LogP contribution in [0.2, 0.25) is 0 Å². The van der Waals surface area contributed by atoms with Crippen molar-refractivity contribution in [2.75, 3.05) is 5.32 Å². The van der Waals surface area contributed by atoms with E-state index in [1.807, 2.05) is 54.6 Å². The van der Waals surface area contributed by atoms with E-state index in [0.29, 0.717) is 17.1 Å². The second-order valence-corrected chi connectivity index (χ2v) is 6.81. The molecule has 0 saturated heterocycles. The number of para-hydroxylation sites is 1. The van der Waals surface area contributed by atoms with Crippen LogP contribution in [0.5, 0.6) is 11.5 Å². The highest BCUT2D eigenvalue weighted by Crippen LogP contribution is 2.24. The Bertz CT molecular complexity index is 657. The number of benzene rings is 2. The summed E-state index contributed by atoms with van der Waals surface area (Å²) in [4.78, 5) is 0. The third kappa shape index (κ3) is 4.71. The summed E-state index contributed by atoms with van der Waals surface area (Å²) >= 11 is 5.45. The van der Waals surface area contributed by atoms with Crippen LogP contribution in [0.4, 0.5) is 5.69 Å². The molecule has 0 amide bonds. The van der Waals surface area contributed by atoms with Crippen molar-refractivity contribution in [1.29, 1.82) is 0 Å². The highest BCUT2D eigenvalue weighted by molar-refractivity contribution is 7.80. The van der Waals surface area contributed by atoms with Crippen LogP contribution in [-0.2, 0) is 0 Å². The summed E-state index contributed by atoms with van der Waals surface area (Å²) in [7, 11) is 0. The van der Waals surface area contributed by atoms with Gasteiger partial charge in [0.2, 0.25) is 0 Å². The van der Waals surface area contributed by atoms with Gasteiger partial charge in [0.15, 0.2) is 5.11 Å². The van der Waals surface area contributed by atoms with Crippen LogP contribution in [-0.4, -0.2) is 11.2 Å². The Morgan fingerprint density at radius 2 is 1.62 bits per heavy atom. The van der Waals surface area contributed by atoms with E-state index in [0.717, 1.165) is 17.2 Å². The van der Waals surface area contributed by atoms with Gasteiger partial charge in [-0.25, -0.2) is 0 Å². The SMILES string of the molecule is CC1CCCCC1NC(=S)Nc1ccc(Oc2ccccc2)cc1. The van der Waals surface area contributed by atoms with Gasteiger partial charge in [-0.3, -0.25) is 0 Å². The molecule has 126 valence electrons. The van der Waals surface area contributed by atoms with Crippen LogP contribution in [0.25, 0.3) is 0 Å². The van der Waals surface area contributed by atoms with Crippen molar-refractivity contribution in [1.82, 2.24) is 5.32 Å². The maximum Gasteiger partial charge on any atom is 0.171 e. The first-order chi connectivity index (χ1) is 11.7. The molecule has 3 rings (SSSR count). The van der Waals surface area contributed by atoms with Crippen molar-refractivity contribution < 1.29 is 4.74 Å². The van der Waals surface area contributed by atoms with Crippen LogP contribution >= 0.6 is 12.2 Å². The minimum absolute atomic E-state index is 0.486. The minimum atomic E-state index is 0.486. The number of ether oxygens (including phenoxy) is 1. The van der Waals surface area contributed by atoms with Gasteiger partial charge in [-0.2, -0.15) is 0 Å². The third-order valence-corrected chi connectivity index (χ3v) is 4.74. The van der Waals surface area contributed by atoms with E-state index in [9.17, 15) is 0 Å². The van der Waals surface area contributed by atoms with Gasteiger partial charge in [-0.1, -0.05) is 38.0 Å². The molecule has 2 unspecified atom stereocenters. The van der Waals surface area contributed by atoms with Crippen molar-refractivity contribution in [3.8, 4) is 11.5 Å². The Morgan fingerprint density at radius 1 is 0.958 bits per heavy atom. The van der Waals surface area contributed by atoms with E-state index in [1.165, 1.54) is 25.7 Å². The number of thiocarbonyl (C=S) groups is 1. The molecule has 1 fully saturated rings. The molecule has 1 aliphatic carbocycles. The molecule has 1 aliphatic rings. The number of hydrogen-bond donors (Lipinski definition) is 2. The van der Waals surface area contributed by atoms with Gasteiger partial charge in [0, 0.05) is 11.7 Å². The summed E-state index contributed by atoms with van der Waals surface area (Å²) in [6.45, 7) is 2.30. The summed E-state index contributed by atoms with van der Waals surface area (Å²) in [5.74, 6) is 2.33. The zero-order chi connectivity index (χ0) is 16.8. The second-order valence-electron chi connectivity index (χ2n) is 6.41. The first kappa shape index (κ1) is 16.8. The molecule has 2 N–H and O–H groups in total. The van der Waals surface area contributed by atoms with Gasteiger partial charge in [0.25, 0.3) is 0 Å². The lowest BCUT2D eigenvalue weighted by molar-refractivity contribution is 0.309. The number of rotatable bonds is 4. The number of hydrogen-bond acceptors (Lipinski definition) is 2. The fourth-order valence-electron chi connectivity index (χ4n) is 3.10. The molecule has 0 bridgehead atoms. The van der Waals surface area contributed by atoms with Crippen LogP contribution in [0.1, 0.15) is 32.6 Å². The zero-order valence-corrected chi connectivity index (χ0v) is 14.8. The molecule has 0 aliphatic heterocycles. The summed E-state index contributed by atoms with van der Waals surface area (Å²) in [5.41, 5.74) is 0.969. The van der Waals surface area contributed by atoms with Gasteiger partial charge in [-0.05, 0) is 67.4 Å². The highest BCUT2D eigenvalue weighted by Gasteiger charge is 2.21. The Hall–Kier alpha value is -2.07. The molecule has 0 spiro atoms. The van der Waals surface area contributed by atoms with Crippen molar-refractivity contribution >= 4 is 23.0 Å². The predicted molar refractivity (Wildman–Crippen MR) is 104 cm³/mol. The van der Waals surface area contributed by atoms with E-state index in [2.05, 4.69) is 17.6 Å². The molecule has 4 heteroatoms. The van der Waals surface area contributed by atoms with E-state index >= 15 is 0 Å². The quantitative estimate of drug-likeness (QED) is 0.736. The lowest BCUT2D eigenvalue weighted by atomic mass is 9.86. The normalized spacial score (nSPS) is 20.2. The largest absolute Gasteiger partial charge is 0.457 e. The van der Waals surface area contributed by atoms with Gasteiger partial charge < -0.3 is 15.4 Å². The predicted octanol–water partition coefficient (Wildman–Crippen LogP) is 5.34. The average molecular weight is 340 g/mol. The van der Waals surface area contributed by atoms with Crippen molar-refractivity contribution in [3.05, 3.63) is 54.6 Å². The first-order valence-electron chi connectivity index (χ1n) is 8.61. The van der Waals surface area contributed by atoms with Gasteiger partial charge >= 0.3 is 0 Å². The molecule has 0 heterocycles. The smallest absolute Gasteiger partial charge is 0.171 e. The summed E-state index contributed by atoms with van der Waals surface area (Å²) in [6.07, 6.45) is 5.11. The number of nitrogens with one attached hydrogen (secondary N) is 2. The fourth-order valence-corrected chi connectivity index (χ4v) is 3.37. The average Bonchev–Trinajstić information content (AvgIpc) is 2.60. The zero-order valence-electron chi connectivity index (χ0n) is 14.0. The Balaban J connectivity index is 1.53. The van der Waals surface area contributed by atoms with Crippen LogP contribution in [0, 0.1) is 5.92 Å². The standard InChI is InChI=1S/C20H24N2OS/c1-15-7-5-6-10-19(15)22-20(24)21-16-11-13-18(14-12-16)23-17-8-3-2-4-9-17/h2-4,8-9,11-15,19H,5-7,10H2,1H3,(H2,21,22,24). The molecular formula is C20H24N2OS. The lowest BCUT2D eigenvalue weighted by Crippen LogP contribution is -2.43. The van der Waals surface area contributed by atoms with Crippen LogP contribution < -0.4 is 15.4 Å². The Kier molecular flexibility index (Phi) is 5.70. The molecule has 2 aromatic carbocycles. The Morgan fingerprint density at radius 3 is 2.33 bits per heavy atom. The highest BCUT2D eigenvalue weighted by atomic mass is 32.1. The second kappa shape index (κ2) is 8.15. The fraction of sp³-hybridized carbons (Fsp3) is 0.350. The van der Waals surface area contributed by atoms with Gasteiger partial charge in [0.05, 0.1) is 0 Å². The van der Waals surface area contributed by atoms with Gasteiger partial charge in [-0.15, -0.1) is 0 Å². The van der Waals surface area contributed by atoms with Gasteiger partial charge in [0.1, 0.15) is 11.5 Å². The molecule has 1 saturated carbocycles. The van der Waals surface area contributed by atoms with E-state index in [-0.39, 0.29) is 0 Å². The van der Waals surface area contributed by atoms with Crippen LogP contribution in [0.15, 0.2) is 54.6 Å². The maximum atomic E-state index is 5.80. The first-order valence-corrected chi connectivity index (χ1v) is 9.02. The summed E-state index contributed by atoms with van der Waals surface area (Å²) in [6, 6.07) is 18.1. The topological polar surface area (TPSA) is 33.3 Å². The summed E-state index contributed by atoms with van der Waals surface area (Å²) in [5, 5.41) is 7.43.